The Morgan fingerprint density at radius 3 is 0.950 bits per heavy atom. The van der Waals surface area contributed by atoms with Gasteiger partial charge in [-0.25, -0.2) is 0 Å². The summed E-state index contributed by atoms with van der Waals surface area (Å²) in [6.07, 6.45) is -30.2. The van der Waals surface area contributed by atoms with Crippen molar-refractivity contribution >= 4 is 0 Å². The van der Waals surface area contributed by atoms with Crippen molar-refractivity contribution in [1.29, 1.82) is 0 Å². The van der Waals surface area contributed by atoms with Crippen LogP contribution in [0.3, 0.4) is 0 Å². The lowest BCUT2D eigenvalue weighted by Gasteiger charge is -2.24. The lowest BCUT2D eigenvalue weighted by molar-refractivity contribution is -0.425. The van der Waals surface area contributed by atoms with Gasteiger partial charge < -0.3 is 9.47 Å². The zero-order valence-electron chi connectivity index (χ0n) is 8.35. The van der Waals surface area contributed by atoms with Gasteiger partial charge in [0, 0.05) is 0 Å². The third kappa shape index (κ3) is 4.26. The molecule has 0 unspecified atom stereocenters. The Bertz CT molecular complexity index is 342. The van der Waals surface area contributed by atoms with E-state index in [-0.39, 0.29) is 0 Å². The van der Waals surface area contributed by atoms with Gasteiger partial charge in [0.25, 0.3) is 0 Å². The average Bonchev–Trinajstić information content (AvgIpc) is 2.11. The highest BCUT2D eigenvalue weighted by molar-refractivity contribution is 4.88. The van der Waals surface area contributed by atoms with Crippen LogP contribution in [0.5, 0.6) is 0 Å². The second-order valence-corrected chi connectivity index (χ2v) is 2.78. The first-order valence-electron chi connectivity index (χ1n) is 3.83. The predicted molar refractivity (Wildman–Crippen MR) is 33.4 cm³/mol. The molecule has 0 aromatic heterocycles. The summed E-state index contributed by atoms with van der Waals surface area (Å²) in [5.41, 5.74) is 0. The van der Waals surface area contributed by atoms with Crippen LogP contribution in [0.15, 0.2) is 12.0 Å². The zero-order chi connectivity index (χ0) is 16.6. The molecule has 0 aliphatic carbocycles. The Morgan fingerprint density at radius 2 is 0.800 bits per heavy atom. The fraction of sp³-hybridized carbons (Fsp3) is 0.667. The molecule has 0 spiro atoms. The van der Waals surface area contributed by atoms with Gasteiger partial charge in [-0.15, -0.1) is 0 Å². The van der Waals surface area contributed by atoms with Crippen molar-refractivity contribution in [1.82, 2.24) is 0 Å². The molecule has 14 heteroatoms. The van der Waals surface area contributed by atoms with E-state index in [1.54, 1.807) is 0 Å². The first-order valence-corrected chi connectivity index (χ1v) is 3.83. The Hall–Kier alpha value is -1.50. The van der Waals surface area contributed by atoms with Crippen molar-refractivity contribution in [3.05, 3.63) is 12.0 Å². The molecule has 0 aromatic carbocycles. The maximum atomic E-state index is 12.1. The second kappa shape index (κ2) is 5.12. The van der Waals surface area contributed by atoms with E-state index in [1.165, 1.54) is 0 Å². The summed E-state index contributed by atoms with van der Waals surface area (Å²) in [6.45, 7) is 0. The molecule has 0 aliphatic rings. The molecular formula is C6F12O2. The van der Waals surface area contributed by atoms with Crippen LogP contribution in [-0.4, -0.2) is 24.6 Å². The maximum Gasteiger partial charge on any atom is 0.501 e. The standard InChI is InChI=1S/C6F12O2/c7-1(8)2(19-5(15,16)3(9,10)11)20-6(17,18)4(12,13)14. The van der Waals surface area contributed by atoms with E-state index in [1.807, 2.05) is 0 Å². The molecule has 0 rings (SSSR count). The molecule has 0 radical (unpaired) electrons. The van der Waals surface area contributed by atoms with Crippen molar-refractivity contribution in [2.75, 3.05) is 0 Å². The Morgan fingerprint density at radius 1 is 0.550 bits per heavy atom. The van der Waals surface area contributed by atoms with Crippen molar-refractivity contribution in [3.63, 3.8) is 0 Å². The summed E-state index contributed by atoms with van der Waals surface area (Å²) in [6, 6.07) is 0. The van der Waals surface area contributed by atoms with Crippen LogP contribution >= 0.6 is 0 Å². The fourth-order valence-corrected chi connectivity index (χ4v) is 0.447. The van der Waals surface area contributed by atoms with Gasteiger partial charge in [-0.05, 0) is 0 Å². The van der Waals surface area contributed by atoms with E-state index in [9.17, 15) is 52.7 Å². The third-order valence-electron chi connectivity index (χ3n) is 1.26. The van der Waals surface area contributed by atoms with Gasteiger partial charge in [0.1, 0.15) is 0 Å². The summed E-state index contributed by atoms with van der Waals surface area (Å²) in [4.78, 5) is 0. The number of halogens is 12. The van der Waals surface area contributed by atoms with E-state index in [0.29, 0.717) is 0 Å². The minimum Gasteiger partial charge on any atom is -0.389 e. The molecule has 0 N–H and O–H groups in total. The highest BCUT2D eigenvalue weighted by Gasteiger charge is 2.65. The van der Waals surface area contributed by atoms with Crippen LogP contribution < -0.4 is 0 Å². The van der Waals surface area contributed by atoms with Gasteiger partial charge in [0.15, 0.2) is 0 Å². The van der Waals surface area contributed by atoms with Crippen LogP contribution in [0.4, 0.5) is 52.7 Å². The first kappa shape index (κ1) is 18.5. The fourth-order valence-electron chi connectivity index (χ4n) is 0.447. The zero-order valence-corrected chi connectivity index (χ0v) is 8.35. The molecule has 0 aromatic rings. The average molecular weight is 332 g/mol. The largest absolute Gasteiger partial charge is 0.501 e. The molecule has 0 heterocycles. The Kier molecular flexibility index (Phi) is 4.74. The van der Waals surface area contributed by atoms with Crippen molar-refractivity contribution in [3.8, 4) is 0 Å². The topological polar surface area (TPSA) is 18.5 Å². The molecule has 2 nitrogen and oxygen atoms in total. The molecule has 120 valence electrons. The second-order valence-electron chi connectivity index (χ2n) is 2.78. The Balaban J connectivity index is 5.32. The summed E-state index contributed by atoms with van der Waals surface area (Å²) in [5.74, 6) is -3.62. The smallest absolute Gasteiger partial charge is 0.389 e. The van der Waals surface area contributed by atoms with Crippen LogP contribution in [0, 0.1) is 0 Å². The highest BCUT2D eigenvalue weighted by Crippen LogP contribution is 2.43. The summed E-state index contributed by atoms with van der Waals surface area (Å²) in [7, 11) is 0. The van der Waals surface area contributed by atoms with Crippen LogP contribution in [-0.2, 0) is 9.47 Å². The quantitative estimate of drug-likeness (QED) is 0.561. The van der Waals surface area contributed by atoms with Gasteiger partial charge in [0.05, 0.1) is 0 Å². The normalized spacial score (nSPS) is 14.0. The van der Waals surface area contributed by atoms with E-state index >= 15 is 0 Å². The predicted octanol–water partition coefficient (Wildman–Crippen LogP) is 4.40. The molecule has 0 aliphatic heterocycles. The maximum absolute atomic E-state index is 12.1. The van der Waals surface area contributed by atoms with Crippen molar-refractivity contribution in [2.45, 2.75) is 24.6 Å². The molecule has 0 amide bonds. The van der Waals surface area contributed by atoms with Crippen LogP contribution in [0.1, 0.15) is 0 Å². The number of rotatable bonds is 4. The lowest BCUT2D eigenvalue weighted by Crippen LogP contribution is -2.43. The van der Waals surface area contributed by atoms with Gasteiger partial charge in [-0.2, -0.15) is 52.7 Å². The van der Waals surface area contributed by atoms with E-state index in [2.05, 4.69) is 9.47 Å². The SMILES string of the molecule is FC(F)=C(OC(F)(F)C(F)(F)F)OC(F)(F)C(F)(F)F. The number of ether oxygens (including phenoxy) is 2. The molecular weight excluding hydrogens is 332 g/mol. The van der Waals surface area contributed by atoms with Crippen molar-refractivity contribution in [2.24, 2.45) is 0 Å². The molecule has 0 atom stereocenters. The van der Waals surface area contributed by atoms with Crippen LogP contribution in [0.2, 0.25) is 0 Å². The molecule has 20 heavy (non-hydrogen) atoms. The van der Waals surface area contributed by atoms with Gasteiger partial charge in [0.2, 0.25) is 0 Å². The molecule has 0 bridgehead atoms. The number of hydrogen-bond acceptors (Lipinski definition) is 2. The molecule has 0 saturated carbocycles. The van der Waals surface area contributed by atoms with E-state index in [0.717, 1.165) is 0 Å². The summed E-state index contributed by atoms with van der Waals surface area (Å²) >= 11 is 0. The van der Waals surface area contributed by atoms with Gasteiger partial charge in [-0.3, -0.25) is 0 Å². The van der Waals surface area contributed by atoms with E-state index < -0.39 is 36.6 Å². The minimum absolute atomic E-state index is 2.06. The number of hydrogen-bond donors (Lipinski definition) is 0. The van der Waals surface area contributed by atoms with Gasteiger partial charge >= 0.3 is 36.6 Å². The van der Waals surface area contributed by atoms with Crippen molar-refractivity contribution < 1.29 is 62.2 Å². The highest BCUT2D eigenvalue weighted by atomic mass is 19.4. The first-order chi connectivity index (χ1) is 8.51. The third-order valence-corrected chi connectivity index (χ3v) is 1.26. The summed E-state index contributed by atoms with van der Waals surface area (Å²) in [5, 5.41) is 0. The lowest BCUT2D eigenvalue weighted by atomic mass is 10.6. The summed E-state index contributed by atoms with van der Waals surface area (Å²) < 4.78 is 145. The molecule has 0 fully saturated rings. The van der Waals surface area contributed by atoms with E-state index in [4.69, 9.17) is 0 Å². The van der Waals surface area contributed by atoms with Gasteiger partial charge in [-0.1, -0.05) is 0 Å². The number of alkyl halides is 10. The van der Waals surface area contributed by atoms with Crippen LogP contribution in [0.25, 0.3) is 0 Å². The Labute approximate surface area is 100 Å². The monoisotopic (exact) mass is 332 g/mol. The minimum atomic E-state index is -6.66. The molecule has 0 saturated heterocycles.